The quantitative estimate of drug-likeness (QED) is 0.934. The number of benzene rings is 1. The maximum atomic E-state index is 12.4. The molecule has 0 spiro atoms. The molecular weight excluding hydrogens is 306 g/mol. The monoisotopic (exact) mass is 327 g/mol. The molecule has 2 aromatic rings. The molecule has 1 atom stereocenters. The molecule has 0 aliphatic carbocycles. The number of fused-ring (bicyclic) bond motifs is 1. The van der Waals surface area contributed by atoms with Crippen molar-refractivity contribution in [2.75, 3.05) is 7.11 Å². The van der Waals surface area contributed by atoms with Gasteiger partial charge in [-0.2, -0.15) is 0 Å². The minimum absolute atomic E-state index is 0.0908. The summed E-state index contributed by atoms with van der Waals surface area (Å²) in [5.74, 6) is 1.43. The van der Waals surface area contributed by atoms with Crippen molar-refractivity contribution in [1.82, 2.24) is 15.3 Å². The lowest BCUT2D eigenvalue weighted by Gasteiger charge is -2.38. The summed E-state index contributed by atoms with van der Waals surface area (Å²) < 4.78 is 11.3. The van der Waals surface area contributed by atoms with E-state index in [1.165, 1.54) is 0 Å². The predicted octanol–water partition coefficient (Wildman–Crippen LogP) is 2.45. The van der Waals surface area contributed by atoms with Gasteiger partial charge in [-0.15, -0.1) is 0 Å². The molecule has 1 aromatic carbocycles. The van der Waals surface area contributed by atoms with Crippen LogP contribution in [0.4, 0.5) is 0 Å². The SMILES string of the molecule is COc1ccc2c(c1)[C@H](NC(=O)Cc1cnccn1)CC(C)(C)O2. The number of hydrogen-bond acceptors (Lipinski definition) is 5. The molecule has 3 rings (SSSR count). The van der Waals surface area contributed by atoms with Crippen LogP contribution in [0.15, 0.2) is 36.8 Å². The van der Waals surface area contributed by atoms with Gasteiger partial charge in [0.25, 0.3) is 0 Å². The van der Waals surface area contributed by atoms with Crippen molar-refractivity contribution in [3.63, 3.8) is 0 Å². The van der Waals surface area contributed by atoms with Crippen LogP contribution < -0.4 is 14.8 Å². The first-order chi connectivity index (χ1) is 11.5. The number of aromatic nitrogens is 2. The number of nitrogens with zero attached hydrogens (tertiary/aromatic N) is 2. The molecule has 0 saturated heterocycles. The standard InChI is InChI=1S/C18H21N3O3/c1-18(2)10-15(14-9-13(23-3)4-5-16(14)24-18)21-17(22)8-12-11-19-6-7-20-12/h4-7,9,11,15H,8,10H2,1-3H3,(H,21,22)/t15-/m1/s1. The Morgan fingerprint density at radius 2 is 2.25 bits per heavy atom. The first kappa shape index (κ1) is 16.2. The van der Waals surface area contributed by atoms with E-state index < -0.39 is 0 Å². The molecule has 0 unspecified atom stereocenters. The van der Waals surface area contributed by atoms with Crippen molar-refractivity contribution < 1.29 is 14.3 Å². The zero-order valence-electron chi connectivity index (χ0n) is 14.1. The van der Waals surface area contributed by atoms with Crippen LogP contribution in [0.5, 0.6) is 11.5 Å². The summed E-state index contributed by atoms with van der Waals surface area (Å²) >= 11 is 0. The lowest BCUT2D eigenvalue weighted by molar-refractivity contribution is -0.121. The van der Waals surface area contributed by atoms with Gasteiger partial charge in [0.1, 0.15) is 17.1 Å². The van der Waals surface area contributed by atoms with E-state index in [-0.39, 0.29) is 24.0 Å². The van der Waals surface area contributed by atoms with Gasteiger partial charge in [0.15, 0.2) is 0 Å². The maximum absolute atomic E-state index is 12.4. The highest BCUT2D eigenvalue weighted by Gasteiger charge is 2.34. The fourth-order valence-corrected chi connectivity index (χ4v) is 2.92. The number of methoxy groups -OCH3 is 1. The second kappa shape index (κ2) is 6.47. The molecule has 0 fully saturated rings. The van der Waals surface area contributed by atoms with E-state index in [9.17, 15) is 4.79 Å². The summed E-state index contributed by atoms with van der Waals surface area (Å²) in [6.07, 6.45) is 5.65. The molecule has 6 heteroatoms. The van der Waals surface area contributed by atoms with Gasteiger partial charge >= 0.3 is 0 Å². The third kappa shape index (κ3) is 3.64. The van der Waals surface area contributed by atoms with Crippen LogP contribution >= 0.6 is 0 Å². The lowest BCUT2D eigenvalue weighted by Crippen LogP contribution is -2.41. The van der Waals surface area contributed by atoms with Crippen LogP contribution in [0.2, 0.25) is 0 Å². The molecule has 1 aliphatic rings. The van der Waals surface area contributed by atoms with E-state index in [0.29, 0.717) is 12.1 Å². The predicted molar refractivity (Wildman–Crippen MR) is 88.9 cm³/mol. The average molecular weight is 327 g/mol. The van der Waals surface area contributed by atoms with Gasteiger partial charge in [-0.3, -0.25) is 14.8 Å². The lowest BCUT2D eigenvalue weighted by atomic mass is 9.89. The first-order valence-corrected chi connectivity index (χ1v) is 7.88. The third-order valence-electron chi connectivity index (χ3n) is 3.97. The smallest absolute Gasteiger partial charge is 0.226 e. The van der Waals surface area contributed by atoms with E-state index in [4.69, 9.17) is 9.47 Å². The van der Waals surface area contributed by atoms with Gasteiger partial charge in [-0.05, 0) is 32.0 Å². The summed E-state index contributed by atoms with van der Waals surface area (Å²) in [6, 6.07) is 5.52. The molecule has 6 nitrogen and oxygen atoms in total. The number of rotatable bonds is 4. The molecule has 126 valence electrons. The van der Waals surface area contributed by atoms with Crippen molar-refractivity contribution in [1.29, 1.82) is 0 Å². The topological polar surface area (TPSA) is 73.3 Å². The van der Waals surface area contributed by atoms with Gasteiger partial charge in [0, 0.05) is 30.6 Å². The zero-order chi connectivity index (χ0) is 17.2. The summed E-state index contributed by atoms with van der Waals surface area (Å²) in [5.41, 5.74) is 1.22. The highest BCUT2D eigenvalue weighted by Crippen LogP contribution is 2.41. The highest BCUT2D eigenvalue weighted by molar-refractivity contribution is 5.78. The summed E-state index contributed by atoms with van der Waals surface area (Å²) in [5, 5.41) is 3.09. The molecule has 1 aliphatic heterocycles. The number of ether oxygens (including phenoxy) is 2. The van der Waals surface area contributed by atoms with Crippen LogP contribution in [-0.2, 0) is 11.2 Å². The first-order valence-electron chi connectivity index (χ1n) is 7.88. The Morgan fingerprint density at radius 1 is 1.42 bits per heavy atom. The second-order valence-corrected chi connectivity index (χ2v) is 6.46. The Bertz CT molecular complexity index is 732. The molecule has 1 amide bonds. The minimum atomic E-state index is -0.355. The Hall–Kier alpha value is -2.63. The second-order valence-electron chi connectivity index (χ2n) is 6.46. The van der Waals surface area contributed by atoms with Gasteiger partial charge in [-0.1, -0.05) is 0 Å². The van der Waals surface area contributed by atoms with Crippen LogP contribution in [-0.4, -0.2) is 28.6 Å². The molecule has 0 bridgehead atoms. The van der Waals surface area contributed by atoms with E-state index in [1.807, 2.05) is 32.0 Å². The van der Waals surface area contributed by atoms with E-state index >= 15 is 0 Å². The van der Waals surface area contributed by atoms with Crippen molar-refractivity contribution in [3.8, 4) is 11.5 Å². The van der Waals surface area contributed by atoms with Gasteiger partial charge in [-0.25, -0.2) is 0 Å². The van der Waals surface area contributed by atoms with E-state index in [0.717, 1.165) is 17.1 Å². The number of carbonyl (C=O) groups excluding carboxylic acids is 1. The minimum Gasteiger partial charge on any atom is -0.497 e. The van der Waals surface area contributed by atoms with Crippen LogP contribution in [0.1, 0.15) is 37.6 Å². The van der Waals surface area contributed by atoms with Gasteiger partial charge < -0.3 is 14.8 Å². The van der Waals surface area contributed by atoms with Crippen LogP contribution in [0, 0.1) is 0 Å². The summed E-state index contributed by atoms with van der Waals surface area (Å²) in [4.78, 5) is 20.5. The molecule has 1 aromatic heterocycles. The van der Waals surface area contributed by atoms with Crippen molar-refractivity contribution >= 4 is 5.91 Å². The summed E-state index contributed by atoms with van der Waals surface area (Å²) in [7, 11) is 1.62. The van der Waals surface area contributed by atoms with E-state index in [1.54, 1.807) is 25.7 Å². The number of nitrogens with one attached hydrogen (secondary N) is 1. The Balaban J connectivity index is 1.80. The van der Waals surface area contributed by atoms with Crippen molar-refractivity contribution in [3.05, 3.63) is 48.0 Å². The largest absolute Gasteiger partial charge is 0.497 e. The van der Waals surface area contributed by atoms with Crippen LogP contribution in [0.3, 0.4) is 0 Å². The zero-order valence-corrected chi connectivity index (χ0v) is 14.1. The number of hydrogen-bond donors (Lipinski definition) is 1. The number of amides is 1. The molecule has 1 N–H and O–H groups in total. The third-order valence-corrected chi connectivity index (χ3v) is 3.97. The molecule has 24 heavy (non-hydrogen) atoms. The van der Waals surface area contributed by atoms with Gasteiger partial charge in [0.2, 0.25) is 5.91 Å². The van der Waals surface area contributed by atoms with Crippen LogP contribution in [0.25, 0.3) is 0 Å². The molecule has 0 saturated carbocycles. The van der Waals surface area contributed by atoms with Crippen molar-refractivity contribution in [2.45, 2.75) is 38.3 Å². The van der Waals surface area contributed by atoms with Gasteiger partial charge in [0.05, 0.1) is 25.3 Å². The average Bonchev–Trinajstić information content (AvgIpc) is 2.54. The maximum Gasteiger partial charge on any atom is 0.226 e. The Kier molecular flexibility index (Phi) is 4.38. The fourth-order valence-electron chi connectivity index (χ4n) is 2.92. The normalized spacial score (nSPS) is 18.2. The molecule has 0 radical (unpaired) electrons. The highest BCUT2D eigenvalue weighted by atomic mass is 16.5. The molecular formula is C18H21N3O3. The fraction of sp³-hybridized carbons (Fsp3) is 0.389. The summed E-state index contributed by atoms with van der Waals surface area (Å²) in [6.45, 7) is 4.03. The molecule has 2 heterocycles. The Morgan fingerprint density at radius 3 is 2.96 bits per heavy atom. The van der Waals surface area contributed by atoms with E-state index in [2.05, 4.69) is 15.3 Å². The Labute approximate surface area is 141 Å². The number of carbonyl (C=O) groups is 1. The van der Waals surface area contributed by atoms with Crippen molar-refractivity contribution in [2.24, 2.45) is 0 Å².